The Labute approximate surface area is 164 Å². The summed E-state index contributed by atoms with van der Waals surface area (Å²) < 4.78 is 6.12. The first-order chi connectivity index (χ1) is 12.5. The smallest absolute Gasteiger partial charge is 0.190 e. The number of aliphatic hydroxyl groups excluding tert-OH is 1. The number of hydrogen-bond donors (Lipinski definition) is 2. The molecule has 7 heteroatoms. The van der Waals surface area contributed by atoms with Crippen molar-refractivity contribution in [3.63, 3.8) is 0 Å². The molecule has 0 amide bonds. The van der Waals surface area contributed by atoms with Gasteiger partial charge in [-0.25, -0.2) is 9.97 Å². The van der Waals surface area contributed by atoms with Gasteiger partial charge in [-0.1, -0.05) is 32.0 Å². The molecule has 0 saturated carbocycles. The van der Waals surface area contributed by atoms with E-state index in [1.807, 2.05) is 0 Å². The van der Waals surface area contributed by atoms with Crippen molar-refractivity contribution in [1.29, 1.82) is 0 Å². The Kier molecular flexibility index (Phi) is 6.43. The first-order valence-corrected chi connectivity index (χ1v) is 11.3. The minimum Gasteiger partial charge on any atom is -0.392 e. The Bertz CT molecular complexity index is 763. The van der Waals surface area contributed by atoms with Crippen molar-refractivity contribution in [2.24, 2.45) is 0 Å². The van der Waals surface area contributed by atoms with Crippen molar-refractivity contribution < 1.29 is 9.84 Å². The molecule has 3 heterocycles. The van der Waals surface area contributed by atoms with Gasteiger partial charge >= 0.3 is 0 Å². The predicted octanol–water partition coefficient (Wildman–Crippen LogP) is 4.62. The second kappa shape index (κ2) is 8.42. The molecule has 2 N–H and O–H groups in total. The Balaban J connectivity index is 2.01. The summed E-state index contributed by atoms with van der Waals surface area (Å²) in [6.07, 6.45) is 3.77. The molecule has 144 valence electrons. The van der Waals surface area contributed by atoms with Gasteiger partial charge in [-0.3, -0.25) is 0 Å². The zero-order chi connectivity index (χ0) is 18.7. The van der Waals surface area contributed by atoms with Crippen LogP contribution in [0.25, 0.3) is 10.2 Å². The molecule has 1 aliphatic heterocycles. The molecule has 2 aromatic rings. The van der Waals surface area contributed by atoms with E-state index in [2.05, 4.69) is 26.1 Å². The van der Waals surface area contributed by atoms with Crippen LogP contribution in [0.4, 0.5) is 5.82 Å². The van der Waals surface area contributed by atoms with Gasteiger partial charge in [0.15, 0.2) is 5.16 Å². The van der Waals surface area contributed by atoms with Crippen molar-refractivity contribution in [3.8, 4) is 0 Å². The van der Waals surface area contributed by atoms with Crippen LogP contribution in [0.1, 0.15) is 57.4 Å². The van der Waals surface area contributed by atoms with Gasteiger partial charge in [0, 0.05) is 23.6 Å². The molecule has 26 heavy (non-hydrogen) atoms. The lowest BCUT2D eigenvalue weighted by Gasteiger charge is -2.33. The van der Waals surface area contributed by atoms with Gasteiger partial charge < -0.3 is 15.2 Å². The summed E-state index contributed by atoms with van der Waals surface area (Å²) >= 11 is 3.43. The summed E-state index contributed by atoms with van der Waals surface area (Å²) in [6, 6.07) is 0. The van der Waals surface area contributed by atoms with E-state index in [-0.39, 0.29) is 5.60 Å². The SMILES string of the molecule is CCCCSc1nc(NC[C@@H](C)O)c2c3c(sc2n1)CO[C@](C)(CC)C3. The van der Waals surface area contributed by atoms with Crippen molar-refractivity contribution in [2.75, 3.05) is 17.6 Å². The van der Waals surface area contributed by atoms with E-state index >= 15 is 0 Å². The highest BCUT2D eigenvalue weighted by Crippen LogP contribution is 2.42. The van der Waals surface area contributed by atoms with E-state index < -0.39 is 6.10 Å². The molecule has 1 aliphatic rings. The molecular weight excluding hydrogens is 366 g/mol. The zero-order valence-electron chi connectivity index (χ0n) is 16.1. The quantitative estimate of drug-likeness (QED) is 0.386. The normalized spacial score (nSPS) is 21.0. The molecule has 0 aliphatic carbocycles. The number of aliphatic hydroxyl groups is 1. The summed E-state index contributed by atoms with van der Waals surface area (Å²) in [5, 5.41) is 15.0. The maximum absolute atomic E-state index is 9.71. The molecule has 0 saturated heterocycles. The van der Waals surface area contributed by atoms with E-state index in [4.69, 9.17) is 14.7 Å². The standard InChI is InChI=1S/C19H29N3O2S2/c1-5-7-8-25-18-21-16(20-10-12(3)23)15-13-9-19(4,6-2)24-11-14(13)26-17(15)22-18/h12,23H,5-11H2,1-4H3,(H,20,21,22)/t12-,19-/m1/s1. The Hall–Kier alpha value is -0.890. The average Bonchev–Trinajstić information content (AvgIpc) is 2.97. The number of fused-ring (bicyclic) bond motifs is 3. The fourth-order valence-corrected chi connectivity index (χ4v) is 5.11. The molecule has 0 bridgehead atoms. The Morgan fingerprint density at radius 1 is 1.38 bits per heavy atom. The molecule has 2 aromatic heterocycles. The number of anilines is 1. The molecular formula is C19H29N3O2S2. The number of nitrogens with one attached hydrogen (secondary N) is 1. The molecule has 5 nitrogen and oxygen atoms in total. The van der Waals surface area contributed by atoms with Crippen LogP contribution in [0.5, 0.6) is 0 Å². The highest BCUT2D eigenvalue weighted by atomic mass is 32.2. The van der Waals surface area contributed by atoms with Crippen LogP contribution < -0.4 is 5.32 Å². The molecule has 0 spiro atoms. The number of aromatic nitrogens is 2. The highest BCUT2D eigenvalue weighted by Gasteiger charge is 2.33. The van der Waals surface area contributed by atoms with Crippen LogP contribution in [0.15, 0.2) is 5.16 Å². The van der Waals surface area contributed by atoms with Crippen LogP contribution in [-0.4, -0.2) is 39.1 Å². The Morgan fingerprint density at radius 3 is 2.88 bits per heavy atom. The number of unbranched alkanes of at least 4 members (excludes halogenated alkanes) is 1. The number of rotatable bonds is 8. The first-order valence-electron chi connectivity index (χ1n) is 9.46. The lowest BCUT2D eigenvalue weighted by atomic mass is 9.90. The van der Waals surface area contributed by atoms with Crippen molar-refractivity contribution in [1.82, 2.24) is 9.97 Å². The zero-order valence-corrected chi connectivity index (χ0v) is 17.7. The third-order valence-corrected chi connectivity index (χ3v) is 6.89. The molecule has 0 aromatic carbocycles. The molecule has 3 rings (SSSR count). The fraction of sp³-hybridized carbons (Fsp3) is 0.684. The second-order valence-corrected chi connectivity index (χ2v) is 9.39. The summed E-state index contributed by atoms with van der Waals surface area (Å²) in [5.74, 6) is 1.88. The average molecular weight is 396 g/mol. The van der Waals surface area contributed by atoms with E-state index in [1.54, 1.807) is 30.0 Å². The van der Waals surface area contributed by atoms with Gasteiger partial charge in [0.1, 0.15) is 10.6 Å². The van der Waals surface area contributed by atoms with Gasteiger partial charge in [0.25, 0.3) is 0 Å². The lowest BCUT2D eigenvalue weighted by molar-refractivity contribution is -0.0542. The second-order valence-electron chi connectivity index (χ2n) is 7.24. The van der Waals surface area contributed by atoms with Gasteiger partial charge in [0.2, 0.25) is 0 Å². The van der Waals surface area contributed by atoms with Crippen molar-refractivity contribution in [2.45, 2.75) is 76.8 Å². The van der Waals surface area contributed by atoms with Crippen LogP contribution >= 0.6 is 23.1 Å². The van der Waals surface area contributed by atoms with Crippen molar-refractivity contribution >= 4 is 39.1 Å². The molecule has 0 unspecified atom stereocenters. The topological polar surface area (TPSA) is 67.3 Å². The molecule has 0 radical (unpaired) electrons. The number of ether oxygens (including phenoxy) is 1. The fourth-order valence-electron chi connectivity index (χ4n) is 3.02. The lowest BCUT2D eigenvalue weighted by Crippen LogP contribution is -2.34. The third-order valence-electron chi connectivity index (χ3n) is 4.86. The maximum atomic E-state index is 9.71. The summed E-state index contributed by atoms with van der Waals surface area (Å²) in [6.45, 7) is 9.46. The minimum absolute atomic E-state index is 0.128. The number of hydrogen-bond acceptors (Lipinski definition) is 7. The van der Waals surface area contributed by atoms with Crippen LogP contribution in [0, 0.1) is 0 Å². The number of thioether (sulfide) groups is 1. The maximum Gasteiger partial charge on any atom is 0.190 e. The molecule has 2 atom stereocenters. The van der Waals surface area contributed by atoms with Crippen LogP contribution in [0.2, 0.25) is 0 Å². The van der Waals surface area contributed by atoms with Gasteiger partial charge in [0.05, 0.1) is 23.7 Å². The summed E-state index contributed by atoms with van der Waals surface area (Å²) in [7, 11) is 0. The van der Waals surface area contributed by atoms with Gasteiger partial charge in [-0.2, -0.15) is 0 Å². The summed E-state index contributed by atoms with van der Waals surface area (Å²) in [5.41, 5.74) is 1.19. The minimum atomic E-state index is -0.421. The van der Waals surface area contributed by atoms with E-state index in [9.17, 15) is 5.11 Å². The highest BCUT2D eigenvalue weighted by molar-refractivity contribution is 7.99. The van der Waals surface area contributed by atoms with Crippen LogP contribution in [0.3, 0.4) is 0 Å². The molecule has 0 fully saturated rings. The van der Waals surface area contributed by atoms with Crippen molar-refractivity contribution in [3.05, 3.63) is 10.4 Å². The Morgan fingerprint density at radius 2 is 2.19 bits per heavy atom. The third kappa shape index (κ3) is 4.32. The van der Waals surface area contributed by atoms with Crippen LogP contribution in [-0.2, 0) is 17.8 Å². The van der Waals surface area contributed by atoms with E-state index in [1.165, 1.54) is 16.9 Å². The number of nitrogens with zero attached hydrogens (tertiary/aromatic N) is 2. The monoisotopic (exact) mass is 395 g/mol. The predicted molar refractivity (Wildman–Crippen MR) is 110 cm³/mol. The summed E-state index contributed by atoms with van der Waals surface area (Å²) in [4.78, 5) is 11.9. The largest absolute Gasteiger partial charge is 0.392 e. The first kappa shape index (κ1) is 19.9. The number of thiophene rings is 1. The van der Waals surface area contributed by atoms with E-state index in [0.717, 1.165) is 46.2 Å². The van der Waals surface area contributed by atoms with Gasteiger partial charge in [-0.05, 0) is 32.3 Å². The van der Waals surface area contributed by atoms with Gasteiger partial charge in [-0.15, -0.1) is 11.3 Å². The van der Waals surface area contributed by atoms with E-state index in [0.29, 0.717) is 13.2 Å².